The van der Waals surface area contributed by atoms with Crippen LogP contribution in [-0.4, -0.2) is 30.6 Å². The summed E-state index contributed by atoms with van der Waals surface area (Å²) in [7, 11) is 1.36. The van der Waals surface area contributed by atoms with Gasteiger partial charge in [0.15, 0.2) is 0 Å². The standard InChI is InChI=1S/C30H34O7/c1-17(31)14-19-15-22(27(33)35-4)29(2)12-10-21-28(34)37-23(16-30(21,3)26(29)24(19)32)20-11-13-36-25(20)18-8-6-5-7-9-18/h5-9,11,13,19,21-23,26H,10,12,14-16H2,1-4H3/t19-,21-,22-,23-,26-,29-,30-/m0/s1. The number of fused-ring (bicyclic) bond motifs is 3. The SMILES string of the molecule is COC(=O)[C@@H]1C[C@H](CC(C)=O)C(=O)[C@H]2[C@@]1(C)CC[C@H]1C(=O)O[C@H](c3ccoc3-c3ccccc3)C[C@]21C. The number of Topliss-reactive ketones (excluding diaryl/α,β-unsaturated/α-hetero) is 2. The number of methoxy groups -OCH3 is 1. The Bertz CT molecular complexity index is 1230. The van der Waals surface area contributed by atoms with Crippen LogP contribution in [0.3, 0.4) is 0 Å². The summed E-state index contributed by atoms with van der Waals surface area (Å²) < 4.78 is 17.0. The lowest BCUT2D eigenvalue weighted by molar-refractivity contribution is -0.205. The zero-order chi connectivity index (χ0) is 26.5. The first kappa shape index (κ1) is 25.4. The third-order valence-corrected chi connectivity index (χ3v) is 9.36. The Morgan fingerprint density at radius 2 is 1.81 bits per heavy atom. The van der Waals surface area contributed by atoms with Crippen molar-refractivity contribution in [3.05, 3.63) is 48.2 Å². The van der Waals surface area contributed by atoms with Gasteiger partial charge in [-0.1, -0.05) is 44.2 Å². The van der Waals surface area contributed by atoms with E-state index in [4.69, 9.17) is 13.9 Å². The first-order valence-corrected chi connectivity index (χ1v) is 13.0. The minimum absolute atomic E-state index is 0.0195. The van der Waals surface area contributed by atoms with Crippen molar-refractivity contribution in [3.63, 3.8) is 0 Å². The van der Waals surface area contributed by atoms with E-state index in [9.17, 15) is 19.2 Å². The number of benzene rings is 1. The van der Waals surface area contributed by atoms with E-state index in [1.807, 2.05) is 50.2 Å². The molecule has 0 N–H and O–H groups in total. The van der Waals surface area contributed by atoms with Crippen LogP contribution in [0.15, 0.2) is 47.1 Å². The zero-order valence-electron chi connectivity index (χ0n) is 21.8. The van der Waals surface area contributed by atoms with Gasteiger partial charge in [0.05, 0.1) is 25.2 Å². The molecule has 7 atom stereocenters. The van der Waals surface area contributed by atoms with Crippen LogP contribution in [0.25, 0.3) is 11.3 Å². The Morgan fingerprint density at radius 1 is 1.08 bits per heavy atom. The topological polar surface area (TPSA) is 99.9 Å². The number of esters is 2. The Kier molecular flexibility index (Phi) is 6.37. The predicted octanol–water partition coefficient (Wildman–Crippen LogP) is 5.33. The highest BCUT2D eigenvalue weighted by atomic mass is 16.5. The number of carbonyl (C=O) groups is 4. The molecule has 7 nitrogen and oxygen atoms in total. The molecule has 0 amide bonds. The number of cyclic esters (lactones) is 1. The Morgan fingerprint density at radius 3 is 2.49 bits per heavy atom. The number of furan rings is 1. The second-order valence-electron chi connectivity index (χ2n) is 11.6. The molecule has 1 aromatic carbocycles. The van der Waals surface area contributed by atoms with Gasteiger partial charge in [-0.3, -0.25) is 14.4 Å². The van der Waals surface area contributed by atoms with Gasteiger partial charge in [-0.05, 0) is 49.5 Å². The van der Waals surface area contributed by atoms with Crippen LogP contribution < -0.4 is 0 Å². The lowest BCUT2D eigenvalue weighted by atomic mass is 9.42. The lowest BCUT2D eigenvalue weighted by Gasteiger charge is -2.61. The summed E-state index contributed by atoms with van der Waals surface area (Å²) in [5, 5.41) is 0. The maximum absolute atomic E-state index is 14.1. The van der Waals surface area contributed by atoms with E-state index in [0.717, 1.165) is 11.1 Å². The van der Waals surface area contributed by atoms with E-state index in [1.54, 1.807) is 6.26 Å². The van der Waals surface area contributed by atoms with Crippen LogP contribution in [0, 0.1) is 34.5 Å². The molecular formula is C30H34O7. The van der Waals surface area contributed by atoms with E-state index in [-0.39, 0.29) is 29.9 Å². The third kappa shape index (κ3) is 4.03. The van der Waals surface area contributed by atoms with Gasteiger partial charge in [0.25, 0.3) is 0 Å². The van der Waals surface area contributed by atoms with Gasteiger partial charge in [0.1, 0.15) is 23.4 Å². The van der Waals surface area contributed by atoms with Gasteiger partial charge in [0, 0.05) is 29.4 Å². The summed E-state index contributed by atoms with van der Waals surface area (Å²) in [5.41, 5.74) is 0.209. The Balaban J connectivity index is 1.58. The number of carbonyl (C=O) groups excluding carboxylic acids is 4. The fourth-order valence-corrected chi connectivity index (χ4v) is 7.73. The first-order chi connectivity index (χ1) is 17.6. The van der Waals surface area contributed by atoms with Crippen molar-refractivity contribution in [2.75, 3.05) is 7.11 Å². The number of ether oxygens (including phenoxy) is 2. The normalized spacial score (nSPS) is 35.2. The molecule has 0 spiro atoms. The molecular weight excluding hydrogens is 472 g/mol. The molecule has 1 aromatic heterocycles. The van der Waals surface area contributed by atoms with Crippen LogP contribution in [0.1, 0.15) is 64.5 Å². The van der Waals surface area contributed by atoms with Crippen LogP contribution in [0.4, 0.5) is 0 Å². The monoisotopic (exact) mass is 506 g/mol. The largest absolute Gasteiger partial charge is 0.469 e. The number of hydrogen-bond acceptors (Lipinski definition) is 7. The Labute approximate surface area is 216 Å². The first-order valence-electron chi connectivity index (χ1n) is 13.0. The molecule has 196 valence electrons. The fourth-order valence-electron chi connectivity index (χ4n) is 7.73. The second kappa shape index (κ2) is 9.26. The molecule has 7 heteroatoms. The molecule has 0 unspecified atom stereocenters. The van der Waals surface area contributed by atoms with Crippen molar-refractivity contribution in [3.8, 4) is 11.3 Å². The number of ketones is 2. The van der Waals surface area contributed by atoms with Gasteiger partial charge in [-0.2, -0.15) is 0 Å². The van der Waals surface area contributed by atoms with E-state index in [1.165, 1.54) is 14.0 Å². The summed E-state index contributed by atoms with van der Waals surface area (Å²) in [5.74, 6) is -2.28. The molecule has 1 aliphatic heterocycles. The molecule has 0 radical (unpaired) electrons. The van der Waals surface area contributed by atoms with Gasteiger partial charge in [-0.25, -0.2) is 0 Å². The third-order valence-electron chi connectivity index (χ3n) is 9.36. The van der Waals surface area contributed by atoms with Crippen molar-refractivity contribution in [1.29, 1.82) is 0 Å². The van der Waals surface area contributed by atoms with Crippen LogP contribution >= 0.6 is 0 Å². The minimum Gasteiger partial charge on any atom is -0.469 e. The second-order valence-corrected chi connectivity index (χ2v) is 11.6. The summed E-state index contributed by atoms with van der Waals surface area (Å²) >= 11 is 0. The zero-order valence-corrected chi connectivity index (χ0v) is 21.8. The van der Waals surface area contributed by atoms with Crippen molar-refractivity contribution >= 4 is 23.5 Å². The molecule has 2 heterocycles. The van der Waals surface area contributed by atoms with Gasteiger partial charge >= 0.3 is 11.9 Å². The summed E-state index contributed by atoms with van der Waals surface area (Å²) in [6, 6.07) is 11.5. The highest BCUT2D eigenvalue weighted by molar-refractivity contribution is 5.93. The van der Waals surface area contributed by atoms with E-state index < -0.39 is 40.6 Å². The molecule has 2 aromatic rings. The van der Waals surface area contributed by atoms with E-state index in [0.29, 0.717) is 31.4 Å². The summed E-state index contributed by atoms with van der Waals surface area (Å²) in [6.45, 7) is 5.46. The van der Waals surface area contributed by atoms with Crippen LogP contribution in [0.2, 0.25) is 0 Å². The van der Waals surface area contributed by atoms with Crippen molar-refractivity contribution < 1.29 is 33.1 Å². The van der Waals surface area contributed by atoms with E-state index >= 15 is 0 Å². The van der Waals surface area contributed by atoms with Gasteiger partial charge in [-0.15, -0.1) is 0 Å². The molecule has 3 aliphatic rings. The van der Waals surface area contributed by atoms with E-state index in [2.05, 4.69) is 0 Å². The quantitative estimate of drug-likeness (QED) is 0.505. The molecule has 37 heavy (non-hydrogen) atoms. The average Bonchev–Trinajstić information content (AvgIpc) is 3.35. The molecule has 0 bridgehead atoms. The molecule has 2 saturated carbocycles. The predicted molar refractivity (Wildman–Crippen MR) is 134 cm³/mol. The summed E-state index contributed by atoms with van der Waals surface area (Å²) in [4.78, 5) is 52.7. The highest BCUT2D eigenvalue weighted by Crippen LogP contribution is 2.66. The number of hydrogen-bond donors (Lipinski definition) is 0. The van der Waals surface area contributed by atoms with Crippen molar-refractivity contribution in [2.24, 2.45) is 34.5 Å². The van der Waals surface area contributed by atoms with Gasteiger partial charge in [0.2, 0.25) is 0 Å². The molecule has 2 aliphatic carbocycles. The van der Waals surface area contributed by atoms with Gasteiger partial charge < -0.3 is 18.7 Å². The lowest BCUT2D eigenvalue weighted by Crippen LogP contribution is -2.63. The number of rotatable bonds is 5. The average molecular weight is 507 g/mol. The summed E-state index contributed by atoms with van der Waals surface area (Å²) in [6.07, 6.45) is 2.88. The van der Waals surface area contributed by atoms with Crippen LogP contribution in [-0.2, 0) is 28.7 Å². The van der Waals surface area contributed by atoms with Crippen molar-refractivity contribution in [2.45, 2.75) is 59.0 Å². The molecule has 5 rings (SSSR count). The smallest absolute Gasteiger partial charge is 0.310 e. The fraction of sp³-hybridized carbons (Fsp3) is 0.533. The maximum Gasteiger partial charge on any atom is 0.310 e. The van der Waals surface area contributed by atoms with Crippen molar-refractivity contribution in [1.82, 2.24) is 0 Å². The molecule has 3 fully saturated rings. The Hall–Kier alpha value is -3.22. The highest BCUT2D eigenvalue weighted by Gasteiger charge is 2.67. The maximum atomic E-state index is 14.1. The van der Waals surface area contributed by atoms with Crippen LogP contribution in [0.5, 0.6) is 0 Å². The molecule has 1 saturated heterocycles. The minimum atomic E-state index is -0.753.